The molecule has 0 saturated carbocycles. The van der Waals surface area contributed by atoms with E-state index in [1.165, 1.54) is 0 Å². The molecule has 2 aromatic rings. The van der Waals surface area contributed by atoms with Crippen molar-refractivity contribution in [1.82, 2.24) is 0 Å². The largest absolute Gasteiger partial charge is 0.502 e. The lowest BCUT2D eigenvalue weighted by Gasteiger charge is -2.21. The van der Waals surface area contributed by atoms with Gasteiger partial charge in [0.2, 0.25) is 0 Å². The summed E-state index contributed by atoms with van der Waals surface area (Å²) in [5, 5.41) is 10.4. The molecule has 0 aromatic heterocycles. The number of hydrogen-bond acceptors (Lipinski definition) is 4. The number of imide groups is 1. The van der Waals surface area contributed by atoms with Crippen molar-refractivity contribution in [3.63, 3.8) is 0 Å². The minimum Gasteiger partial charge on any atom is -0.502 e. The second-order valence-electron chi connectivity index (χ2n) is 8.70. The molecule has 2 aromatic carbocycles. The van der Waals surface area contributed by atoms with E-state index in [9.17, 15) is 14.7 Å². The Morgan fingerprint density at radius 2 is 1.52 bits per heavy atom. The molecular formula is C24H27NO4. The maximum Gasteiger partial charge on any atom is 0.301 e. The standard InChI is InChI=1S/C24H27NO4/c1-15(2)14-29-19-12-6-16(7-13-19)20-21(26)23(28)25(22(20)27)18-10-8-17(9-11-18)24(3,4)5/h6-13,15,26H,14H2,1-5H3. The highest BCUT2D eigenvalue weighted by Gasteiger charge is 2.40. The number of ether oxygens (including phenoxy) is 1. The van der Waals surface area contributed by atoms with E-state index in [1.54, 1.807) is 36.4 Å². The summed E-state index contributed by atoms with van der Waals surface area (Å²) < 4.78 is 5.65. The molecule has 2 amide bonds. The first kappa shape index (κ1) is 20.6. The first-order valence-corrected chi connectivity index (χ1v) is 9.75. The molecule has 1 aliphatic heterocycles. The van der Waals surface area contributed by atoms with Crippen LogP contribution in [0.3, 0.4) is 0 Å². The Balaban J connectivity index is 1.85. The SMILES string of the molecule is CC(C)COc1ccc(C2=C(O)C(=O)N(c3ccc(C(C)(C)C)cc3)C2=O)cc1. The first-order valence-electron chi connectivity index (χ1n) is 9.75. The number of benzene rings is 2. The number of rotatable bonds is 5. The molecule has 0 aliphatic carbocycles. The van der Waals surface area contributed by atoms with Gasteiger partial charge in [-0.25, -0.2) is 4.90 Å². The van der Waals surface area contributed by atoms with Crippen LogP contribution in [0.1, 0.15) is 45.7 Å². The van der Waals surface area contributed by atoms with E-state index >= 15 is 0 Å². The number of hydrogen-bond donors (Lipinski definition) is 1. The van der Waals surface area contributed by atoms with E-state index in [-0.39, 0.29) is 11.0 Å². The predicted molar refractivity (Wildman–Crippen MR) is 114 cm³/mol. The van der Waals surface area contributed by atoms with Crippen LogP contribution >= 0.6 is 0 Å². The summed E-state index contributed by atoms with van der Waals surface area (Å²) in [5.41, 5.74) is 1.97. The highest BCUT2D eigenvalue weighted by molar-refractivity contribution is 6.44. The molecule has 0 unspecified atom stereocenters. The molecule has 0 saturated heterocycles. The molecule has 0 radical (unpaired) electrons. The third kappa shape index (κ3) is 4.19. The van der Waals surface area contributed by atoms with Crippen molar-refractivity contribution >= 4 is 23.1 Å². The minimum absolute atomic E-state index is 0.00491. The second kappa shape index (κ2) is 7.74. The van der Waals surface area contributed by atoms with Crippen LogP contribution in [0.15, 0.2) is 54.3 Å². The van der Waals surface area contributed by atoms with E-state index in [4.69, 9.17) is 4.74 Å². The molecule has 1 heterocycles. The molecule has 1 aliphatic rings. The van der Waals surface area contributed by atoms with Gasteiger partial charge in [-0.3, -0.25) is 9.59 Å². The molecule has 0 spiro atoms. The summed E-state index contributed by atoms with van der Waals surface area (Å²) in [6.45, 7) is 11.0. The molecular weight excluding hydrogens is 366 g/mol. The van der Waals surface area contributed by atoms with E-state index in [0.717, 1.165) is 10.5 Å². The van der Waals surface area contributed by atoms with Gasteiger partial charge in [-0.05, 0) is 46.7 Å². The van der Waals surface area contributed by atoms with Crippen LogP contribution < -0.4 is 9.64 Å². The summed E-state index contributed by atoms with van der Waals surface area (Å²) in [4.78, 5) is 26.6. The average Bonchev–Trinajstić information content (AvgIpc) is 2.89. The lowest BCUT2D eigenvalue weighted by Crippen LogP contribution is -2.31. The molecule has 1 N–H and O–H groups in total. The highest BCUT2D eigenvalue weighted by atomic mass is 16.5. The third-order valence-electron chi connectivity index (χ3n) is 4.78. The van der Waals surface area contributed by atoms with Crippen molar-refractivity contribution in [2.75, 3.05) is 11.5 Å². The Kier molecular flexibility index (Phi) is 5.51. The number of carbonyl (C=O) groups excluding carboxylic acids is 2. The van der Waals surface area contributed by atoms with E-state index in [1.807, 2.05) is 12.1 Å². The van der Waals surface area contributed by atoms with Crippen LogP contribution in [0.4, 0.5) is 5.69 Å². The van der Waals surface area contributed by atoms with Crippen LogP contribution in [-0.4, -0.2) is 23.5 Å². The Bertz CT molecular complexity index is 948. The highest BCUT2D eigenvalue weighted by Crippen LogP contribution is 2.33. The fourth-order valence-electron chi connectivity index (χ4n) is 3.10. The van der Waals surface area contributed by atoms with Crippen molar-refractivity contribution in [2.45, 2.75) is 40.0 Å². The molecule has 0 bridgehead atoms. The fourth-order valence-corrected chi connectivity index (χ4v) is 3.10. The van der Waals surface area contributed by atoms with Crippen LogP contribution in [0, 0.1) is 5.92 Å². The lowest BCUT2D eigenvalue weighted by molar-refractivity contribution is -0.121. The zero-order valence-electron chi connectivity index (χ0n) is 17.5. The Morgan fingerprint density at radius 1 is 0.931 bits per heavy atom. The van der Waals surface area contributed by atoms with Crippen LogP contribution in [0.25, 0.3) is 5.57 Å². The maximum atomic E-state index is 13.0. The maximum absolute atomic E-state index is 13.0. The average molecular weight is 393 g/mol. The summed E-state index contributed by atoms with van der Waals surface area (Å²) in [5.74, 6) is -0.714. The van der Waals surface area contributed by atoms with Crippen LogP contribution in [-0.2, 0) is 15.0 Å². The van der Waals surface area contributed by atoms with Crippen molar-refractivity contribution in [3.8, 4) is 5.75 Å². The van der Waals surface area contributed by atoms with Crippen LogP contribution in [0.2, 0.25) is 0 Å². The molecule has 0 fully saturated rings. The molecule has 5 heteroatoms. The molecule has 0 atom stereocenters. The summed E-state index contributed by atoms with van der Waals surface area (Å²) in [6, 6.07) is 14.1. The van der Waals surface area contributed by atoms with Gasteiger partial charge in [-0.15, -0.1) is 0 Å². The monoisotopic (exact) mass is 393 g/mol. The van der Waals surface area contributed by atoms with Crippen molar-refractivity contribution in [1.29, 1.82) is 0 Å². The van der Waals surface area contributed by atoms with Crippen molar-refractivity contribution in [3.05, 3.63) is 65.4 Å². The number of aliphatic hydroxyl groups excluding tert-OH is 1. The van der Waals surface area contributed by atoms with Gasteiger partial charge in [0.1, 0.15) is 5.75 Å². The molecule has 29 heavy (non-hydrogen) atoms. The Morgan fingerprint density at radius 3 is 2.03 bits per heavy atom. The third-order valence-corrected chi connectivity index (χ3v) is 4.78. The zero-order valence-corrected chi connectivity index (χ0v) is 17.5. The lowest BCUT2D eigenvalue weighted by atomic mass is 9.87. The van der Waals surface area contributed by atoms with Crippen LogP contribution in [0.5, 0.6) is 5.75 Å². The first-order chi connectivity index (χ1) is 13.6. The van der Waals surface area contributed by atoms with Crippen molar-refractivity contribution < 1.29 is 19.4 Å². The fraction of sp³-hybridized carbons (Fsp3) is 0.333. The number of carbonyl (C=O) groups is 2. The minimum atomic E-state index is -0.714. The van der Waals surface area contributed by atoms with E-state index in [2.05, 4.69) is 34.6 Å². The number of anilines is 1. The number of aliphatic hydroxyl groups is 1. The quantitative estimate of drug-likeness (QED) is 0.737. The number of amides is 2. The number of nitrogens with zero attached hydrogens (tertiary/aromatic N) is 1. The summed E-state index contributed by atoms with van der Waals surface area (Å²) >= 11 is 0. The van der Waals surface area contributed by atoms with Gasteiger partial charge in [0, 0.05) is 0 Å². The smallest absolute Gasteiger partial charge is 0.301 e. The summed E-state index contributed by atoms with van der Waals surface area (Å²) in [7, 11) is 0. The van der Waals surface area contributed by atoms with E-state index < -0.39 is 17.6 Å². The van der Waals surface area contributed by atoms with Gasteiger partial charge >= 0.3 is 5.91 Å². The normalized spacial score (nSPS) is 14.9. The van der Waals surface area contributed by atoms with Crippen molar-refractivity contribution in [2.24, 2.45) is 5.92 Å². The zero-order chi connectivity index (χ0) is 21.3. The second-order valence-corrected chi connectivity index (χ2v) is 8.70. The van der Waals surface area contributed by atoms with Gasteiger partial charge in [0.25, 0.3) is 5.91 Å². The predicted octanol–water partition coefficient (Wildman–Crippen LogP) is 4.86. The molecule has 152 valence electrons. The van der Waals surface area contributed by atoms with Gasteiger partial charge in [0.05, 0.1) is 17.9 Å². The van der Waals surface area contributed by atoms with E-state index in [0.29, 0.717) is 29.5 Å². The van der Waals surface area contributed by atoms with Gasteiger partial charge in [0.15, 0.2) is 5.76 Å². The Labute approximate surface area is 171 Å². The topological polar surface area (TPSA) is 66.8 Å². The molecule has 3 rings (SSSR count). The molecule has 5 nitrogen and oxygen atoms in total. The summed E-state index contributed by atoms with van der Waals surface area (Å²) in [6.07, 6.45) is 0. The van der Waals surface area contributed by atoms with Gasteiger partial charge in [-0.2, -0.15) is 0 Å². The van der Waals surface area contributed by atoms with Gasteiger partial charge in [-0.1, -0.05) is 58.9 Å². The Hall–Kier alpha value is -3.08. The van der Waals surface area contributed by atoms with Gasteiger partial charge < -0.3 is 9.84 Å².